The van der Waals surface area contributed by atoms with Crippen LogP contribution in [0.4, 0.5) is 11.9 Å². The largest absolute Gasteiger partial charge is 0.368 e. The van der Waals surface area contributed by atoms with Crippen LogP contribution >= 0.6 is 11.8 Å². The van der Waals surface area contributed by atoms with Crippen LogP contribution in [-0.2, 0) is 11.5 Å². The van der Waals surface area contributed by atoms with Gasteiger partial charge in [-0.3, -0.25) is 0 Å². The lowest BCUT2D eigenvalue weighted by atomic mass is 10.1. The number of thioether (sulfide) groups is 1. The Kier molecular flexibility index (Phi) is 5.18. The highest BCUT2D eigenvalue weighted by Crippen LogP contribution is 2.23. The minimum atomic E-state index is 0.232. The number of nitrogen functional groups attached to an aromatic ring is 1. The molecule has 8 heteroatoms. The zero-order valence-electron chi connectivity index (χ0n) is 14.4. The molecule has 0 aliphatic heterocycles. The summed E-state index contributed by atoms with van der Waals surface area (Å²) >= 11 is 1.64. The lowest BCUT2D eigenvalue weighted by Gasteiger charge is -2.11. The van der Waals surface area contributed by atoms with E-state index < -0.39 is 0 Å². The number of aryl methyl sites for hydroxylation is 1. The molecule has 0 saturated carbocycles. The van der Waals surface area contributed by atoms with Gasteiger partial charge in [0.1, 0.15) is 17.3 Å². The van der Waals surface area contributed by atoms with Crippen molar-refractivity contribution >= 4 is 23.7 Å². The first-order valence-electron chi connectivity index (χ1n) is 7.79. The molecule has 0 saturated heterocycles. The predicted octanol–water partition coefficient (Wildman–Crippen LogP) is 2.92. The minimum Gasteiger partial charge on any atom is -0.368 e. The maximum atomic E-state index is 5.73. The highest BCUT2D eigenvalue weighted by atomic mass is 32.2. The molecule has 2 N–H and O–H groups in total. The van der Waals surface area contributed by atoms with Gasteiger partial charge in [0, 0.05) is 25.7 Å². The standard InChI is InChI=1S/C17H20N6OS/c1-11-4-6-12(7-5-11)14-8-13(24-22-14)9-25-10-15-19-16(18)21-17(20-15)23(2)3/h4-8H,9-10H2,1-3H3,(H2,18,19,20,21). The summed E-state index contributed by atoms with van der Waals surface area (Å²) in [6, 6.07) is 10.2. The zero-order valence-corrected chi connectivity index (χ0v) is 15.2. The summed E-state index contributed by atoms with van der Waals surface area (Å²) in [6.45, 7) is 2.06. The van der Waals surface area contributed by atoms with Crippen LogP contribution in [0.5, 0.6) is 0 Å². The van der Waals surface area contributed by atoms with E-state index in [2.05, 4.69) is 39.2 Å². The summed E-state index contributed by atoms with van der Waals surface area (Å²) in [4.78, 5) is 14.4. The van der Waals surface area contributed by atoms with E-state index in [1.165, 1.54) is 5.56 Å². The van der Waals surface area contributed by atoms with Crippen LogP contribution in [0.1, 0.15) is 17.1 Å². The lowest BCUT2D eigenvalue weighted by molar-refractivity contribution is 0.397. The number of rotatable bonds is 6. The Morgan fingerprint density at radius 1 is 1.08 bits per heavy atom. The quantitative estimate of drug-likeness (QED) is 0.720. The maximum absolute atomic E-state index is 5.73. The second-order valence-electron chi connectivity index (χ2n) is 5.84. The molecule has 1 aromatic carbocycles. The van der Waals surface area contributed by atoms with Crippen molar-refractivity contribution in [3.05, 3.63) is 47.5 Å². The molecule has 130 valence electrons. The molecule has 0 radical (unpaired) electrons. The number of hydrogen-bond acceptors (Lipinski definition) is 8. The van der Waals surface area contributed by atoms with Crippen LogP contribution in [0, 0.1) is 6.92 Å². The molecule has 0 fully saturated rings. The fourth-order valence-electron chi connectivity index (χ4n) is 2.17. The van der Waals surface area contributed by atoms with E-state index in [-0.39, 0.29) is 5.95 Å². The summed E-state index contributed by atoms with van der Waals surface area (Å²) in [7, 11) is 3.74. The smallest absolute Gasteiger partial charge is 0.229 e. The van der Waals surface area contributed by atoms with E-state index in [9.17, 15) is 0 Å². The Morgan fingerprint density at radius 3 is 2.56 bits per heavy atom. The molecule has 0 unspecified atom stereocenters. The SMILES string of the molecule is Cc1ccc(-c2cc(CSCc3nc(N)nc(N(C)C)n3)on2)cc1. The van der Waals surface area contributed by atoms with Crippen molar-refractivity contribution in [3.8, 4) is 11.3 Å². The molecule has 0 amide bonds. The van der Waals surface area contributed by atoms with Crippen molar-refractivity contribution in [3.63, 3.8) is 0 Å². The van der Waals surface area contributed by atoms with Crippen molar-refractivity contribution < 1.29 is 4.52 Å². The fourth-order valence-corrected chi connectivity index (χ4v) is 2.92. The molecule has 2 aromatic heterocycles. The van der Waals surface area contributed by atoms with Crippen molar-refractivity contribution in [2.75, 3.05) is 24.7 Å². The number of anilines is 2. The van der Waals surface area contributed by atoms with Crippen LogP contribution in [0.25, 0.3) is 11.3 Å². The molecule has 25 heavy (non-hydrogen) atoms. The Hall–Kier alpha value is -2.61. The van der Waals surface area contributed by atoms with E-state index in [1.54, 1.807) is 16.7 Å². The van der Waals surface area contributed by atoms with Crippen LogP contribution in [0.3, 0.4) is 0 Å². The van der Waals surface area contributed by atoms with Gasteiger partial charge in [-0.05, 0) is 6.92 Å². The first-order chi connectivity index (χ1) is 12.0. The van der Waals surface area contributed by atoms with E-state index in [0.29, 0.717) is 23.3 Å². The number of nitrogens with two attached hydrogens (primary N) is 1. The summed E-state index contributed by atoms with van der Waals surface area (Å²) in [5.74, 6) is 3.56. The first kappa shape index (κ1) is 17.2. The van der Waals surface area contributed by atoms with E-state index >= 15 is 0 Å². The Labute approximate surface area is 150 Å². The van der Waals surface area contributed by atoms with Gasteiger partial charge in [-0.2, -0.15) is 15.0 Å². The normalized spacial score (nSPS) is 10.8. The molecular weight excluding hydrogens is 336 g/mol. The van der Waals surface area contributed by atoms with Crippen molar-refractivity contribution in [2.24, 2.45) is 0 Å². The summed E-state index contributed by atoms with van der Waals surface area (Å²) < 4.78 is 5.42. The average molecular weight is 356 g/mol. The van der Waals surface area contributed by atoms with Crippen molar-refractivity contribution in [1.82, 2.24) is 20.1 Å². The Balaban J connectivity index is 1.60. The van der Waals surface area contributed by atoms with Crippen LogP contribution in [0.2, 0.25) is 0 Å². The third-order valence-corrected chi connectivity index (χ3v) is 4.42. The van der Waals surface area contributed by atoms with Gasteiger partial charge in [-0.15, -0.1) is 11.8 Å². The third-order valence-electron chi connectivity index (χ3n) is 3.47. The van der Waals surface area contributed by atoms with Gasteiger partial charge >= 0.3 is 0 Å². The molecule has 2 heterocycles. The van der Waals surface area contributed by atoms with Gasteiger partial charge in [-0.1, -0.05) is 35.0 Å². The number of hydrogen-bond donors (Lipinski definition) is 1. The van der Waals surface area contributed by atoms with Gasteiger partial charge in [0.15, 0.2) is 0 Å². The Bertz CT molecular complexity index is 847. The maximum Gasteiger partial charge on any atom is 0.229 e. The zero-order chi connectivity index (χ0) is 17.8. The highest BCUT2D eigenvalue weighted by Gasteiger charge is 2.09. The number of benzene rings is 1. The minimum absolute atomic E-state index is 0.232. The number of aromatic nitrogens is 4. The molecule has 0 bridgehead atoms. The van der Waals surface area contributed by atoms with E-state index in [1.807, 2.05) is 32.3 Å². The van der Waals surface area contributed by atoms with Crippen LogP contribution in [-0.4, -0.2) is 34.2 Å². The van der Waals surface area contributed by atoms with Gasteiger partial charge in [0.05, 0.1) is 11.5 Å². The Morgan fingerprint density at radius 2 is 1.84 bits per heavy atom. The van der Waals surface area contributed by atoms with Crippen molar-refractivity contribution in [1.29, 1.82) is 0 Å². The van der Waals surface area contributed by atoms with Crippen molar-refractivity contribution in [2.45, 2.75) is 18.4 Å². The van der Waals surface area contributed by atoms with E-state index in [0.717, 1.165) is 17.0 Å². The monoisotopic (exact) mass is 356 g/mol. The molecule has 0 aliphatic rings. The third kappa shape index (κ3) is 4.48. The topological polar surface area (TPSA) is 94.0 Å². The van der Waals surface area contributed by atoms with Gasteiger partial charge in [-0.25, -0.2) is 0 Å². The first-order valence-corrected chi connectivity index (χ1v) is 8.95. The molecule has 0 spiro atoms. The molecule has 0 aliphatic carbocycles. The lowest BCUT2D eigenvalue weighted by Crippen LogP contribution is -2.15. The van der Waals surface area contributed by atoms with Crippen LogP contribution in [0.15, 0.2) is 34.9 Å². The van der Waals surface area contributed by atoms with Gasteiger partial charge in [0.25, 0.3) is 0 Å². The molecule has 3 aromatic rings. The summed E-state index contributed by atoms with van der Waals surface area (Å²) in [5, 5.41) is 4.14. The number of nitrogens with zero attached hydrogens (tertiary/aromatic N) is 5. The molecule has 7 nitrogen and oxygen atoms in total. The van der Waals surface area contributed by atoms with E-state index in [4.69, 9.17) is 10.3 Å². The summed E-state index contributed by atoms with van der Waals surface area (Å²) in [5.41, 5.74) is 8.84. The molecule has 0 atom stereocenters. The van der Waals surface area contributed by atoms with Crippen LogP contribution < -0.4 is 10.6 Å². The fraction of sp³-hybridized carbons (Fsp3) is 0.294. The van der Waals surface area contributed by atoms with Gasteiger partial charge in [0.2, 0.25) is 11.9 Å². The highest BCUT2D eigenvalue weighted by molar-refractivity contribution is 7.97. The molecular formula is C17H20N6OS. The average Bonchev–Trinajstić information content (AvgIpc) is 3.04. The second kappa shape index (κ2) is 7.52. The predicted molar refractivity (Wildman–Crippen MR) is 100 cm³/mol. The second-order valence-corrected chi connectivity index (χ2v) is 6.83. The molecule has 3 rings (SSSR count). The summed E-state index contributed by atoms with van der Waals surface area (Å²) in [6.07, 6.45) is 0. The van der Waals surface area contributed by atoms with Gasteiger partial charge < -0.3 is 15.2 Å².